The zero-order chi connectivity index (χ0) is 12.4. The highest BCUT2D eigenvalue weighted by molar-refractivity contribution is 14.1. The highest BCUT2D eigenvalue weighted by Gasteiger charge is 2.09. The summed E-state index contributed by atoms with van der Waals surface area (Å²) in [5.74, 6) is 1.13. The molecule has 1 heterocycles. The van der Waals surface area contributed by atoms with Crippen LogP contribution < -0.4 is 5.32 Å². The summed E-state index contributed by atoms with van der Waals surface area (Å²) >= 11 is 2.20. The first-order chi connectivity index (χ1) is 8.11. The summed E-state index contributed by atoms with van der Waals surface area (Å²) in [4.78, 5) is 8.80. The van der Waals surface area contributed by atoms with Gasteiger partial charge in [-0.25, -0.2) is 14.4 Å². The van der Waals surface area contributed by atoms with Crippen molar-refractivity contribution in [3.63, 3.8) is 0 Å². The molecule has 0 amide bonds. The molecule has 0 aliphatic carbocycles. The van der Waals surface area contributed by atoms with Gasteiger partial charge in [0, 0.05) is 12.6 Å². The van der Waals surface area contributed by atoms with Crippen molar-refractivity contribution < 1.29 is 4.39 Å². The maximum Gasteiger partial charge on any atom is 0.161 e. The average Bonchev–Trinajstić information content (AvgIpc) is 2.33. The lowest BCUT2D eigenvalue weighted by molar-refractivity contribution is 0.628. The fourth-order valence-electron chi connectivity index (χ4n) is 1.45. The first-order valence-corrected chi connectivity index (χ1v) is 6.17. The fourth-order valence-corrected chi connectivity index (χ4v) is 1.96. The number of halogens is 2. The second-order valence-electron chi connectivity index (χ2n) is 3.55. The number of aromatic nitrogens is 2. The van der Waals surface area contributed by atoms with Gasteiger partial charge in [0.1, 0.15) is 11.6 Å². The van der Waals surface area contributed by atoms with Gasteiger partial charge in [-0.3, -0.25) is 0 Å². The summed E-state index contributed by atoms with van der Waals surface area (Å²) in [5.41, 5.74) is 1.71. The molecule has 1 aromatic carbocycles. The van der Waals surface area contributed by atoms with E-state index in [4.69, 9.17) is 0 Å². The minimum absolute atomic E-state index is 0.259. The molecule has 0 aliphatic heterocycles. The van der Waals surface area contributed by atoms with Crippen molar-refractivity contribution in [1.82, 2.24) is 9.97 Å². The van der Waals surface area contributed by atoms with Crippen LogP contribution in [-0.2, 0) is 0 Å². The molecular weight excluding hydrogens is 332 g/mol. The van der Waals surface area contributed by atoms with E-state index in [1.165, 1.54) is 12.1 Å². The molecule has 0 aliphatic rings. The Kier molecular flexibility index (Phi) is 3.56. The van der Waals surface area contributed by atoms with E-state index in [0.29, 0.717) is 5.82 Å². The molecule has 1 N–H and O–H groups in total. The van der Waals surface area contributed by atoms with Crippen molar-refractivity contribution in [3.05, 3.63) is 39.3 Å². The van der Waals surface area contributed by atoms with Crippen molar-refractivity contribution in [1.29, 1.82) is 0 Å². The summed E-state index contributed by atoms with van der Waals surface area (Å²) in [6.07, 6.45) is 0. The lowest BCUT2D eigenvalue weighted by Crippen LogP contribution is -2.02. The Balaban J connectivity index is 2.52. The molecule has 0 fully saturated rings. The van der Waals surface area contributed by atoms with Crippen LogP contribution in [0.4, 0.5) is 10.2 Å². The van der Waals surface area contributed by atoms with Gasteiger partial charge in [-0.2, -0.15) is 0 Å². The van der Waals surface area contributed by atoms with Crippen molar-refractivity contribution in [2.75, 3.05) is 12.4 Å². The minimum Gasteiger partial charge on any atom is -0.372 e. The summed E-state index contributed by atoms with van der Waals surface area (Å²) < 4.78 is 13.8. The van der Waals surface area contributed by atoms with Crippen molar-refractivity contribution in [3.8, 4) is 11.4 Å². The van der Waals surface area contributed by atoms with E-state index in [2.05, 4.69) is 37.9 Å². The molecule has 0 saturated carbocycles. The van der Waals surface area contributed by atoms with Gasteiger partial charge in [-0.15, -0.1) is 0 Å². The molecule has 2 aromatic rings. The predicted molar refractivity (Wildman–Crippen MR) is 74.4 cm³/mol. The molecule has 17 heavy (non-hydrogen) atoms. The predicted octanol–water partition coefficient (Wildman–Crippen LogP) is 3.24. The molecule has 88 valence electrons. The number of aryl methyl sites for hydroxylation is 1. The van der Waals surface area contributed by atoms with Crippen molar-refractivity contribution in [2.24, 2.45) is 0 Å². The van der Waals surface area contributed by atoms with Gasteiger partial charge in [0.25, 0.3) is 0 Å². The summed E-state index contributed by atoms with van der Waals surface area (Å²) in [7, 11) is 1.82. The molecule has 0 bridgehead atoms. The second kappa shape index (κ2) is 4.95. The largest absolute Gasteiger partial charge is 0.372 e. The van der Waals surface area contributed by atoms with Crippen molar-refractivity contribution in [2.45, 2.75) is 6.92 Å². The van der Waals surface area contributed by atoms with E-state index in [1.54, 1.807) is 12.1 Å². The van der Waals surface area contributed by atoms with Gasteiger partial charge in [0.2, 0.25) is 0 Å². The molecule has 0 unspecified atom stereocenters. The maximum atomic E-state index is 12.8. The van der Waals surface area contributed by atoms with Crippen LogP contribution in [0.5, 0.6) is 0 Å². The standard InChI is InChI=1S/C12H11FIN3/c1-7-10(14)12(15-2)17-11(16-7)8-3-5-9(13)6-4-8/h3-6H,1-2H3,(H,15,16,17). The van der Waals surface area contributed by atoms with E-state index in [0.717, 1.165) is 20.6 Å². The Bertz CT molecular complexity index is 540. The molecule has 0 radical (unpaired) electrons. The summed E-state index contributed by atoms with van der Waals surface area (Å²) in [5, 5.41) is 3.02. The normalized spacial score (nSPS) is 10.4. The summed E-state index contributed by atoms with van der Waals surface area (Å²) in [6.45, 7) is 1.93. The monoisotopic (exact) mass is 343 g/mol. The zero-order valence-electron chi connectivity index (χ0n) is 9.46. The Morgan fingerprint density at radius 2 is 1.82 bits per heavy atom. The van der Waals surface area contributed by atoms with Crippen LogP contribution in [0.15, 0.2) is 24.3 Å². The molecule has 0 atom stereocenters. The molecule has 5 heteroatoms. The highest BCUT2D eigenvalue weighted by Crippen LogP contribution is 2.23. The quantitative estimate of drug-likeness (QED) is 0.851. The first-order valence-electron chi connectivity index (χ1n) is 5.09. The van der Waals surface area contributed by atoms with E-state index in [1.807, 2.05) is 14.0 Å². The number of nitrogens with zero attached hydrogens (tertiary/aromatic N) is 2. The van der Waals surface area contributed by atoms with Crippen molar-refractivity contribution >= 4 is 28.4 Å². The van der Waals surface area contributed by atoms with Gasteiger partial charge in [-0.05, 0) is 53.8 Å². The number of rotatable bonds is 2. The highest BCUT2D eigenvalue weighted by atomic mass is 127. The Morgan fingerprint density at radius 1 is 1.18 bits per heavy atom. The Labute approximate surface area is 113 Å². The fraction of sp³-hybridized carbons (Fsp3) is 0.167. The number of nitrogens with one attached hydrogen (secondary N) is 1. The Hall–Kier alpha value is -1.24. The topological polar surface area (TPSA) is 37.8 Å². The first kappa shape index (κ1) is 12.2. The van der Waals surface area contributed by atoms with Gasteiger partial charge >= 0.3 is 0 Å². The molecule has 2 rings (SSSR count). The third-order valence-corrected chi connectivity index (χ3v) is 3.65. The van der Waals surface area contributed by atoms with E-state index >= 15 is 0 Å². The van der Waals surface area contributed by atoms with Gasteiger partial charge < -0.3 is 5.32 Å². The lowest BCUT2D eigenvalue weighted by atomic mass is 10.2. The third kappa shape index (κ3) is 2.54. The SMILES string of the molecule is CNc1nc(-c2ccc(F)cc2)nc(C)c1I. The van der Waals surface area contributed by atoms with E-state index in [9.17, 15) is 4.39 Å². The van der Waals surface area contributed by atoms with E-state index < -0.39 is 0 Å². The maximum absolute atomic E-state index is 12.8. The molecular formula is C12H11FIN3. The molecule has 0 saturated heterocycles. The number of hydrogen-bond donors (Lipinski definition) is 1. The van der Waals surface area contributed by atoms with Crippen LogP contribution in [0.25, 0.3) is 11.4 Å². The van der Waals surface area contributed by atoms with Crippen LogP contribution in [0, 0.1) is 16.3 Å². The number of hydrogen-bond acceptors (Lipinski definition) is 3. The summed E-state index contributed by atoms with van der Waals surface area (Å²) in [6, 6.07) is 6.17. The number of anilines is 1. The van der Waals surface area contributed by atoms with Crippen LogP contribution >= 0.6 is 22.6 Å². The van der Waals surface area contributed by atoms with Crippen LogP contribution in [-0.4, -0.2) is 17.0 Å². The smallest absolute Gasteiger partial charge is 0.161 e. The van der Waals surface area contributed by atoms with Crippen LogP contribution in [0.1, 0.15) is 5.69 Å². The zero-order valence-corrected chi connectivity index (χ0v) is 11.6. The molecule has 1 aromatic heterocycles. The van der Waals surface area contributed by atoms with Crippen LogP contribution in [0.2, 0.25) is 0 Å². The number of benzene rings is 1. The molecule has 3 nitrogen and oxygen atoms in total. The minimum atomic E-state index is -0.259. The van der Waals surface area contributed by atoms with Gasteiger partial charge in [0.05, 0.1) is 9.26 Å². The molecule has 0 spiro atoms. The second-order valence-corrected chi connectivity index (χ2v) is 4.63. The third-order valence-electron chi connectivity index (χ3n) is 2.36. The van der Waals surface area contributed by atoms with Crippen LogP contribution in [0.3, 0.4) is 0 Å². The van der Waals surface area contributed by atoms with Gasteiger partial charge in [-0.1, -0.05) is 0 Å². The lowest BCUT2D eigenvalue weighted by Gasteiger charge is -2.08. The Morgan fingerprint density at radius 3 is 2.41 bits per heavy atom. The van der Waals surface area contributed by atoms with Gasteiger partial charge in [0.15, 0.2) is 5.82 Å². The van der Waals surface area contributed by atoms with E-state index in [-0.39, 0.29) is 5.82 Å². The average molecular weight is 343 g/mol.